The maximum atomic E-state index is 5.37. The molecule has 0 spiro atoms. The number of aromatic nitrogens is 1. The Morgan fingerprint density at radius 1 is 0.967 bits per heavy atom. The van der Waals surface area contributed by atoms with Crippen molar-refractivity contribution in [3.05, 3.63) is 66.7 Å². The highest BCUT2D eigenvalue weighted by Gasteiger charge is 2.23. The number of aromatic amines is 1. The standard InChI is InChI=1S/C25H25N3OS/c1-26-12-5-13-28-22-6-3-4-7-24(22)30-25-16-17(8-11-23(25)28)21-15-18-14-19(29-2)9-10-20(18)27-21/h3-4,6-11,14-16,26-27H,5,12-13H2,1-2H3. The lowest BCUT2D eigenvalue weighted by Crippen LogP contribution is -2.24. The quantitative estimate of drug-likeness (QED) is 0.376. The predicted octanol–water partition coefficient (Wildman–Crippen LogP) is 6.06. The summed E-state index contributed by atoms with van der Waals surface area (Å²) in [6, 6.07) is 23.8. The molecule has 0 saturated carbocycles. The minimum absolute atomic E-state index is 0.878. The largest absolute Gasteiger partial charge is 0.497 e. The Hall–Kier alpha value is -2.89. The summed E-state index contributed by atoms with van der Waals surface area (Å²) in [5, 5.41) is 4.42. The Balaban J connectivity index is 1.53. The molecule has 5 rings (SSSR count). The highest BCUT2D eigenvalue weighted by molar-refractivity contribution is 7.99. The second kappa shape index (κ2) is 8.09. The number of hydrogen-bond donors (Lipinski definition) is 2. The van der Waals surface area contributed by atoms with Crippen molar-refractivity contribution in [2.24, 2.45) is 0 Å². The Morgan fingerprint density at radius 3 is 2.70 bits per heavy atom. The van der Waals surface area contributed by atoms with Gasteiger partial charge in [-0.2, -0.15) is 0 Å². The molecule has 0 atom stereocenters. The normalized spacial score (nSPS) is 12.7. The van der Waals surface area contributed by atoms with Gasteiger partial charge in [-0.1, -0.05) is 30.0 Å². The number of rotatable bonds is 6. The van der Waals surface area contributed by atoms with E-state index in [0.29, 0.717) is 0 Å². The van der Waals surface area contributed by atoms with E-state index in [4.69, 9.17) is 4.74 Å². The summed E-state index contributed by atoms with van der Waals surface area (Å²) in [6.45, 7) is 2.01. The lowest BCUT2D eigenvalue weighted by Gasteiger charge is -2.33. The molecule has 0 amide bonds. The first-order valence-corrected chi connectivity index (χ1v) is 11.1. The summed E-state index contributed by atoms with van der Waals surface area (Å²) < 4.78 is 5.37. The minimum Gasteiger partial charge on any atom is -0.497 e. The van der Waals surface area contributed by atoms with Crippen LogP contribution < -0.4 is 15.0 Å². The first-order chi connectivity index (χ1) is 14.8. The van der Waals surface area contributed by atoms with Crippen molar-refractivity contribution >= 4 is 34.0 Å². The third-order valence-electron chi connectivity index (χ3n) is 5.57. The molecule has 4 nitrogen and oxygen atoms in total. The van der Waals surface area contributed by atoms with Crippen LogP contribution in [0.5, 0.6) is 5.75 Å². The fraction of sp³-hybridized carbons (Fsp3) is 0.200. The van der Waals surface area contributed by atoms with Crippen molar-refractivity contribution in [1.82, 2.24) is 10.3 Å². The van der Waals surface area contributed by atoms with Gasteiger partial charge in [0.2, 0.25) is 0 Å². The smallest absolute Gasteiger partial charge is 0.119 e. The number of benzene rings is 3. The van der Waals surface area contributed by atoms with Gasteiger partial charge in [-0.05, 0) is 74.1 Å². The molecule has 152 valence electrons. The van der Waals surface area contributed by atoms with Crippen molar-refractivity contribution in [3.8, 4) is 17.0 Å². The number of H-pyrrole nitrogens is 1. The summed E-state index contributed by atoms with van der Waals surface area (Å²) in [6.07, 6.45) is 1.10. The molecule has 0 radical (unpaired) electrons. The lowest BCUT2D eigenvalue weighted by atomic mass is 10.1. The van der Waals surface area contributed by atoms with Crippen LogP contribution in [-0.4, -0.2) is 32.2 Å². The molecule has 0 saturated heterocycles. The highest BCUT2D eigenvalue weighted by atomic mass is 32.2. The van der Waals surface area contributed by atoms with E-state index >= 15 is 0 Å². The van der Waals surface area contributed by atoms with Gasteiger partial charge in [0.15, 0.2) is 0 Å². The number of methoxy groups -OCH3 is 1. The summed E-state index contributed by atoms with van der Waals surface area (Å²) in [7, 11) is 3.71. The molecule has 2 N–H and O–H groups in total. The zero-order valence-electron chi connectivity index (χ0n) is 17.2. The Labute approximate surface area is 181 Å². The Bertz CT molecular complexity index is 1200. The van der Waals surface area contributed by atoms with E-state index in [-0.39, 0.29) is 0 Å². The summed E-state index contributed by atoms with van der Waals surface area (Å²) in [5.41, 5.74) is 6.04. The number of fused-ring (bicyclic) bond motifs is 3. The molecule has 0 bridgehead atoms. The van der Waals surface area contributed by atoms with Gasteiger partial charge in [-0.15, -0.1) is 0 Å². The average Bonchev–Trinajstić information content (AvgIpc) is 3.21. The van der Waals surface area contributed by atoms with E-state index < -0.39 is 0 Å². The fourth-order valence-electron chi connectivity index (χ4n) is 4.05. The van der Waals surface area contributed by atoms with Crippen LogP contribution >= 0.6 is 11.8 Å². The summed E-state index contributed by atoms with van der Waals surface area (Å²) in [4.78, 5) is 8.62. The van der Waals surface area contributed by atoms with Gasteiger partial charge in [-0.3, -0.25) is 0 Å². The van der Waals surface area contributed by atoms with Gasteiger partial charge in [0, 0.05) is 32.9 Å². The SMILES string of the molecule is CNCCCN1c2ccccc2Sc2cc(-c3cc4cc(OC)ccc4[nH]3)ccc21. The number of hydrogen-bond acceptors (Lipinski definition) is 4. The van der Waals surface area contributed by atoms with Crippen LogP contribution in [0.25, 0.3) is 22.2 Å². The maximum absolute atomic E-state index is 5.37. The number of ether oxygens (including phenoxy) is 1. The van der Waals surface area contributed by atoms with Crippen LogP contribution in [0, 0.1) is 0 Å². The van der Waals surface area contributed by atoms with E-state index in [0.717, 1.165) is 41.9 Å². The Kier molecular flexibility index (Phi) is 5.15. The molecule has 4 aromatic rings. The maximum Gasteiger partial charge on any atom is 0.119 e. The molecule has 0 unspecified atom stereocenters. The van der Waals surface area contributed by atoms with Gasteiger partial charge in [0.25, 0.3) is 0 Å². The molecule has 2 heterocycles. The molecule has 0 aliphatic carbocycles. The second-order valence-electron chi connectivity index (χ2n) is 7.50. The first-order valence-electron chi connectivity index (χ1n) is 10.3. The third kappa shape index (κ3) is 3.44. The first kappa shape index (κ1) is 19.1. The van der Waals surface area contributed by atoms with Crippen molar-refractivity contribution in [2.45, 2.75) is 16.2 Å². The van der Waals surface area contributed by atoms with Crippen LogP contribution in [-0.2, 0) is 0 Å². The van der Waals surface area contributed by atoms with Crippen LogP contribution in [0.15, 0.2) is 76.5 Å². The fourth-order valence-corrected chi connectivity index (χ4v) is 5.18. The molecule has 1 aromatic heterocycles. The number of para-hydroxylation sites is 1. The van der Waals surface area contributed by atoms with Crippen molar-refractivity contribution in [1.29, 1.82) is 0 Å². The van der Waals surface area contributed by atoms with E-state index in [9.17, 15) is 0 Å². The van der Waals surface area contributed by atoms with Crippen LogP contribution in [0.4, 0.5) is 11.4 Å². The summed E-state index contributed by atoms with van der Waals surface area (Å²) in [5.74, 6) is 0.878. The molecule has 3 aromatic carbocycles. The second-order valence-corrected chi connectivity index (χ2v) is 8.58. The molecular weight excluding hydrogens is 390 g/mol. The molecule has 5 heteroatoms. The van der Waals surface area contributed by atoms with Gasteiger partial charge >= 0.3 is 0 Å². The van der Waals surface area contributed by atoms with Gasteiger partial charge in [-0.25, -0.2) is 0 Å². The van der Waals surface area contributed by atoms with Crippen LogP contribution in [0.1, 0.15) is 6.42 Å². The molecule has 0 fully saturated rings. The van der Waals surface area contributed by atoms with Crippen molar-refractivity contribution < 1.29 is 4.74 Å². The van der Waals surface area contributed by atoms with E-state index in [1.807, 2.05) is 24.9 Å². The number of nitrogens with zero attached hydrogens (tertiary/aromatic N) is 1. The van der Waals surface area contributed by atoms with Gasteiger partial charge in [0.05, 0.1) is 18.5 Å². The van der Waals surface area contributed by atoms with Crippen molar-refractivity contribution in [3.63, 3.8) is 0 Å². The Morgan fingerprint density at radius 2 is 1.83 bits per heavy atom. The van der Waals surface area contributed by atoms with Crippen LogP contribution in [0.2, 0.25) is 0 Å². The molecule has 1 aliphatic rings. The molecule has 30 heavy (non-hydrogen) atoms. The van der Waals surface area contributed by atoms with E-state index in [2.05, 4.69) is 75.9 Å². The van der Waals surface area contributed by atoms with Crippen molar-refractivity contribution in [2.75, 3.05) is 32.1 Å². The van der Waals surface area contributed by atoms with E-state index in [1.165, 1.54) is 26.7 Å². The van der Waals surface area contributed by atoms with Crippen LogP contribution in [0.3, 0.4) is 0 Å². The minimum atomic E-state index is 0.878. The zero-order chi connectivity index (χ0) is 20.5. The van der Waals surface area contributed by atoms with E-state index in [1.54, 1.807) is 7.11 Å². The number of anilines is 2. The third-order valence-corrected chi connectivity index (χ3v) is 6.69. The van der Waals surface area contributed by atoms with Gasteiger partial charge in [0.1, 0.15) is 5.75 Å². The molecule has 1 aliphatic heterocycles. The average molecular weight is 416 g/mol. The number of nitrogens with one attached hydrogen (secondary N) is 2. The topological polar surface area (TPSA) is 40.3 Å². The summed E-state index contributed by atoms with van der Waals surface area (Å²) >= 11 is 1.86. The highest BCUT2D eigenvalue weighted by Crippen LogP contribution is 2.49. The predicted molar refractivity (Wildman–Crippen MR) is 126 cm³/mol. The molecular formula is C25H25N3OS. The monoisotopic (exact) mass is 415 g/mol. The lowest BCUT2D eigenvalue weighted by molar-refractivity contribution is 0.415. The zero-order valence-corrected chi connectivity index (χ0v) is 18.1. The van der Waals surface area contributed by atoms with Gasteiger partial charge < -0.3 is 19.9 Å².